The average molecular weight is 471 g/mol. The topological polar surface area (TPSA) is 101 Å². The highest BCUT2D eigenvalue weighted by atomic mass is 19.3. The minimum absolute atomic E-state index is 0.0480. The third-order valence-corrected chi connectivity index (χ3v) is 5.63. The number of benzene rings is 1. The molecule has 4 heterocycles. The lowest BCUT2D eigenvalue weighted by Crippen LogP contribution is -2.44. The number of H-pyrrole nitrogens is 1. The fourth-order valence-corrected chi connectivity index (χ4v) is 3.98. The molecule has 1 aliphatic heterocycles. The second-order valence-electron chi connectivity index (χ2n) is 7.87. The van der Waals surface area contributed by atoms with Crippen molar-refractivity contribution in [2.75, 3.05) is 30.0 Å². The zero-order valence-electron chi connectivity index (χ0n) is 18.0. The van der Waals surface area contributed by atoms with Gasteiger partial charge in [0.1, 0.15) is 11.6 Å². The van der Waals surface area contributed by atoms with E-state index in [1.54, 1.807) is 29.2 Å². The number of morpholine rings is 1. The van der Waals surface area contributed by atoms with Gasteiger partial charge in [-0.3, -0.25) is 9.89 Å². The summed E-state index contributed by atoms with van der Waals surface area (Å²) >= 11 is 0. The highest BCUT2D eigenvalue weighted by Gasteiger charge is 2.24. The van der Waals surface area contributed by atoms with Crippen molar-refractivity contribution in [1.29, 1.82) is 0 Å². The molecule has 34 heavy (non-hydrogen) atoms. The van der Waals surface area contributed by atoms with Crippen LogP contribution < -0.4 is 10.2 Å². The minimum Gasteiger partial charge on any atom is -0.377 e. The Morgan fingerprint density at radius 3 is 2.82 bits per heavy atom. The maximum atomic E-state index is 15.2. The molecule has 9 nitrogen and oxygen atoms in total. The number of pyridine rings is 1. The summed E-state index contributed by atoms with van der Waals surface area (Å²) in [6, 6.07) is 7.38. The van der Waals surface area contributed by atoms with E-state index in [-0.39, 0.29) is 17.3 Å². The molecule has 1 aromatic carbocycles. The van der Waals surface area contributed by atoms with Gasteiger partial charge in [0.05, 0.1) is 31.6 Å². The Morgan fingerprint density at radius 1 is 1.26 bits per heavy atom. The summed E-state index contributed by atoms with van der Waals surface area (Å²) in [7, 11) is 0. The molecule has 3 aromatic heterocycles. The number of nitrogens with zero attached hydrogens (tertiary/aromatic N) is 5. The molecule has 5 rings (SSSR count). The van der Waals surface area contributed by atoms with Crippen molar-refractivity contribution in [3.8, 4) is 16.9 Å². The van der Waals surface area contributed by atoms with Crippen LogP contribution in [0.1, 0.15) is 6.92 Å². The highest BCUT2D eigenvalue weighted by Crippen LogP contribution is 2.35. The Bertz CT molecular complexity index is 1340. The number of aromatic nitrogens is 5. The number of amides is 1. The molecule has 0 bridgehead atoms. The van der Waals surface area contributed by atoms with E-state index < -0.39 is 18.1 Å². The van der Waals surface area contributed by atoms with Gasteiger partial charge in [0.25, 0.3) is 5.91 Å². The number of carbonyl (C=O) groups is 1. The summed E-state index contributed by atoms with van der Waals surface area (Å²) in [4.78, 5) is 18.2. The van der Waals surface area contributed by atoms with Crippen molar-refractivity contribution >= 4 is 28.4 Å². The van der Waals surface area contributed by atoms with E-state index in [9.17, 15) is 13.6 Å². The van der Waals surface area contributed by atoms with Crippen LogP contribution in [0.15, 0.2) is 42.7 Å². The van der Waals surface area contributed by atoms with E-state index in [1.165, 1.54) is 12.1 Å². The number of alkyl halides is 2. The Labute approximate surface area is 191 Å². The summed E-state index contributed by atoms with van der Waals surface area (Å²) in [5, 5.41) is 13.8. The molecule has 1 fully saturated rings. The van der Waals surface area contributed by atoms with Crippen LogP contribution in [0.3, 0.4) is 0 Å². The van der Waals surface area contributed by atoms with Crippen LogP contribution in [0.5, 0.6) is 0 Å². The Morgan fingerprint density at radius 2 is 2.12 bits per heavy atom. The molecule has 0 aliphatic carbocycles. The summed E-state index contributed by atoms with van der Waals surface area (Å²) < 4.78 is 47.4. The summed E-state index contributed by atoms with van der Waals surface area (Å²) in [5.74, 6) is -0.974. The van der Waals surface area contributed by atoms with Gasteiger partial charge in [0.2, 0.25) is 0 Å². The van der Waals surface area contributed by atoms with E-state index in [4.69, 9.17) is 9.72 Å². The van der Waals surface area contributed by atoms with Gasteiger partial charge in [-0.2, -0.15) is 23.7 Å². The molecule has 0 spiro atoms. The van der Waals surface area contributed by atoms with Crippen LogP contribution in [0.25, 0.3) is 28.0 Å². The van der Waals surface area contributed by atoms with Crippen molar-refractivity contribution in [2.24, 2.45) is 0 Å². The number of aromatic amines is 1. The van der Waals surface area contributed by atoms with Crippen molar-refractivity contribution in [2.45, 2.75) is 19.4 Å². The van der Waals surface area contributed by atoms with Crippen LogP contribution in [-0.2, 0) is 9.53 Å². The van der Waals surface area contributed by atoms with Crippen molar-refractivity contribution in [3.05, 3.63) is 48.5 Å². The number of nitrogens with one attached hydrogen (secondary N) is 2. The first-order valence-electron chi connectivity index (χ1n) is 10.5. The van der Waals surface area contributed by atoms with Crippen molar-refractivity contribution < 1.29 is 22.7 Å². The van der Waals surface area contributed by atoms with E-state index in [0.29, 0.717) is 48.0 Å². The largest absolute Gasteiger partial charge is 0.377 e. The van der Waals surface area contributed by atoms with Gasteiger partial charge in [-0.15, -0.1) is 0 Å². The lowest BCUT2D eigenvalue weighted by atomic mass is 10.0. The van der Waals surface area contributed by atoms with Crippen LogP contribution in [0, 0.1) is 5.82 Å². The summed E-state index contributed by atoms with van der Waals surface area (Å²) in [6.45, 7) is 3.68. The van der Waals surface area contributed by atoms with Gasteiger partial charge in [-0.1, -0.05) is 0 Å². The molecule has 1 atom stereocenters. The lowest BCUT2D eigenvalue weighted by Gasteiger charge is -2.34. The molecule has 12 heteroatoms. The zero-order valence-corrected chi connectivity index (χ0v) is 18.0. The minimum atomic E-state index is -3.20. The maximum Gasteiger partial charge on any atom is 0.315 e. The third kappa shape index (κ3) is 3.96. The van der Waals surface area contributed by atoms with Crippen LogP contribution in [0.4, 0.5) is 24.7 Å². The van der Waals surface area contributed by atoms with Gasteiger partial charge < -0.3 is 15.0 Å². The number of halogens is 3. The molecule has 176 valence electrons. The lowest BCUT2D eigenvalue weighted by molar-refractivity contribution is -0.126. The van der Waals surface area contributed by atoms with E-state index in [0.717, 1.165) is 6.07 Å². The molecule has 0 radical (unpaired) electrons. The zero-order chi connectivity index (χ0) is 23.8. The van der Waals surface area contributed by atoms with E-state index in [2.05, 4.69) is 20.2 Å². The first kappa shape index (κ1) is 21.9. The number of carbonyl (C=O) groups excluding carboxylic acids is 1. The van der Waals surface area contributed by atoms with E-state index >= 15 is 4.39 Å². The summed E-state index contributed by atoms with van der Waals surface area (Å²) in [6.07, 6.45) is -0.0327. The molecule has 2 N–H and O–H groups in total. The predicted octanol–water partition coefficient (Wildman–Crippen LogP) is 3.38. The van der Waals surface area contributed by atoms with Crippen LogP contribution in [-0.4, -0.2) is 63.1 Å². The number of hydrogen-bond donors (Lipinski definition) is 2. The first-order chi connectivity index (χ1) is 16.4. The van der Waals surface area contributed by atoms with Gasteiger partial charge in [-0.25, -0.2) is 9.37 Å². The number of rotatable bonds is 5. The maximum absolute atomic E-state index is 15.2. The van der Waals surface area contributed by atoms with Crippen molar-refractivity contribution in [1.82, 2.24) is 25.0 Å². The number of ether oxygens (including phenoxy) is 1. The molecular formula is C22H20F3N7O2. The molecule has 0 saturated carbocycles. The summed E-state index contributed by atoms with van der Waals surface area (Å²) in [5.41, 5.74) is 1.17. The third-order valence-electron chi connectivity index (χ3n) is 5.63. The van der Waals surface area contributed by atoms with E-state index in [1.807, 2.05) is 12.2 Å². The van der Waals surface area contributed by atoms with Crippen molar-refractivity contribution in [3.63, 3.8) is 0 Å². The second kappa shape index (κ2) is 8.78. The number of hydrogen-bond acceptors (Lipinski definition) is 6. The molecule has 1 aliphatic rings. The molecule has 1 saturated heterocycles. The van der Waals surface area contributed by atoms with Gasteiger partial charge in [0.15, 0.2) is 11.5 Å². The Balaban J connectivity index is 1.65. The fourth-order valence-electron chi connectivity index (χ4n) is 3.98. The number of anilines is 2. The smallest absolute Gasteiger partial charge is 0.315 e. The number of fused-ring (bicyclic) bond motifs is 1. The SMILES string of the molecule is C[C@@H]1COCCN1c1cc(-c2ccc(NC(=O)C(F)F)cc2F)c2cnn(-c3ccn[nH]3)c2n1. The predicted molar refractivity (Wildman–Crippen MR) is 119 cm³/mol. The molecule has 4 aromatic rings. The van der Waals surface area contributed by atoms with Crippen LogP contribution >= 0.6 is 0 Å². The van der Waals surface area contributed by atoms with Gasteiger partial charge in [-0.05, 0) is 31.2 Å². The van der Waals surface area contributed by atoms with Crippen LogP contribution in [0.2, 0.25) is 0 Å². The second-order valence-corrected chi connectivity index (χ2v) is 7.87. The normalized spacial score (nSPS) is 16.4. The Hall–Kier alpha value is -3.93. The standard InChI is InChI=1S/C22H20F3N7O2/c1-12-11-34-7-6-31(12)19-9-15(14-3-2-13(8-17(14)23)28-22(33)20(24)25)16-10-27-32(21(16)29-19)18-4-5-26-30-18/h2-5,8-10,12,20H,6-7,11H2,1H3,(H,26,30)(H,28,33)/t12-/m1/s1. The highest BCUT2D eigenvalue weighted by molar-refractivity contribution is 5.96. The first-order valence-corrected chi connectivity index (χ1v) is 10.5. The quantitative estimate of drug-likeness (QED) is 0.463. The Kier molecular flexibility index (Phi) is 5.65. The van der Waals surface area contributed by atoms with Gasteiger partial charge >= 0.3 is 6.43 Å². The molecular weight excluding hydrogens is 451 g/mol. The van der Waals surface area contributed by atoms with Gasteiger partial charge in [0, 0.05) is 34.8 Å². The molecule has 0 unspecified atom stereocenters. The monoisotopic (exact) mass is 471 g/mol. The average Bonchev–Trinajstić information content (AvgIpc) is 3.49. The fraction of sp³-hybridized carbons (Fsp3) is 0.273. The molecule has 1 amide bonds.